The second kappa shape index (κ2) is 6.33. The van der Waals surface area contributed by atoms with Gasteiger partial charge in [-0.25, -0.2) is 4.52 Å². The largest absolute Gasteiger partial charge is 0.497 e. The number of carbonyl (C=O) groups is 1. The molecule has 0 saturated heterocycles. The van der Waals surface area contributed by atoms with Gasteiger partial charge in [0, 0.05) is 23.3 Å². The number of methoxy groups -OCH3 is 1. The Morgan fingerprint density at radius 1 is 1.24 bits per heavy atom. The highest BCUT2D eigenvalue weighted by Gasteiger charge is 2.14. The van der Waals surface area contributed by atoms with Crippen LogP contribution >= 0.6 is 11.3 Å². The summed E-state index contributed by atoms with van der Waals surface area (Å²) in [5, 5.41) is 9.06. The minimum absolute atomic E-state index is 0.260. The normalized spacial score (nSPS) is 10.8. The van der Waals surface area contributed by atoms with Gasteiger partial charge in [0.2, 0.25) is 4.96 Å². The molecule has 4 rings (SSSR count). The summed E-state index contributed by atoms with van der Waals surface area (Å²) in [6.45, 7) is 0. The highest BCUT2D eigenvalue weighted by atomic mass is 32.1. The fourth-order valence-corrected chi connectivity index (χ4v) is 3.20. The number of aromatic nitrogens is 4. The zero-order valence-corrected chi connectivity index (χ0v) is 14.0. The van der Waals surface area contributed by atoms with Crippen LogP contribution in [0.4, 0.5) is 5.95 Å². The molecule has 3 aromatic heterocycles. The Bertz CT molecular complexity index is 1020. The van der Waals surface area contributed by atoms with Gasteiger partial charge in [-0.05, 0) is 36.4 Å². The smallest absolute Gasteiger partial charge is 0.259 e. The number of nitrogens with one attached hydrogen (secondary N) is 1. The molecule has 0 aliphatic rings. The average Bonchev–Trinajstić information content (AvgIpc) is 3.22. The number of fused-ring (bicyclic) bond motifs is 1. The van der Waals surface area contributed by atoms with Gasteiger partial charge < -0.3 is 4.74 Å². The topological polar surface area (TPSA) is 81.4 Å². The Morgan fingerprint density at radius 2 is 2.08 bits per heavy atom. The van der Waals surface area contributed by atoms with Crippen molar-refractivity contribution < 1.29 is 9.53 Å². The van der Waals surface area contributed by atoms with Crippen LogP contribution in [0.2, 0.25) is 0 Å². The zero-order valence-electron chi connectivity index (χ0n) is 13.2. The number of amides is 1. The number of nitrogens with zero attached hydrogens (tertiary/aromatic N) is 4. The van der Waals surface area contributed by atoms with Crippen LogP contribution < -0.4 is 10.1 Å². The van der Waals surface area contributed by atoms with Crippen molar-refractivity contribution >= 4 is 28.2 Å². The first-order valence-corrected chi connectivity index (χ1v) is 8.32. The number of anilines is 1. The zero-order chi connectivity index (χ0) is 17.2. The summed E-state index contributed by atoms with van der Waals surface area (Å²) in [7, 11) is 1.63. The molecule has 0 unspecified atom stereocenters. The van der Waals surface area contributed by atoms with Gasteiger partial charge in [-0.1, -0.05) is 0 Å². The van der Waals surface area contributed by atoms with Gasteiger partial charge in [-0.3, -0.25) is 15.1 Å². The van der Waals surface area contributed by atoms with Crippen LogP contribution in [0.1, 0.15) is 10.4 Å². The summed E-state index contributed by atoms with van der Waals surface area (Å²) in [4.78, 5) is 21.2. The number of ether oxygens (including phenoxy) is 1. The van der Waals surface area contributed by atoms with Crippen LogP contribution in [0.15, 0.2) is 54.2 Å². The molecule has 25 heavy (non-hydrogen) atoms. The Morgan fingerprint density at radius 3 is 2.80 bits per heavy atom. The summed E-state index contributed by atoms with van der Waals surface area (Å²) in [6, 6.07) is 11.1. The van der Waals surface area contributed by atoms with Crippen molar-refractivity contribution in [2.24, 2.45) is 0 Å². The van der Waals surface area contributed by atoms with E-state index in [9.17, 15) is 4.79 Å². The molecule has 7 nitrogen and oxygen atoms in total. The van der Waals surface area contributed by atoms with E-state index < -0.39 is 0 Å². The summed E-state index contributed by atoms with van der Waals surface area (Å²) in [6.07, 6.45) is 3.11. The van der Waals surface area contributed by atoms with Crippen LogP contribution in [0.3, 0.4) is 0 Å². The van der Waals surface area contributed by atoms with Gasteiger partial charge in [0.1, 0.15) is 5.75 Å². The van der Waals surface area contributed by atoms with E-state index in [0.29, 0.717) is 10.5 Å². The number of benzene rings is 1. The molecule has 0 spiro atoms. The molecule has 1 amide bonds. The molecule has 124 valence electrons. The quantitative estimate of drug-likeness (QED) is 0.611. The fourth-order valence-electron chi connectivity index (χ4n) is 2.37. The molecule has 0 radical (unpaired) electrons. The van der Waals surface area contributed by atoms with E-state index >= 15 is 0 Å². The molecule has 3 heterocycles. The number of carbonyl (C=O) groups excluding carboxylic acids is 1. The average molecular weight is 351 g/mol. The Hall–Kier alpha value is -3.26. The monoisotopic (exact) mass is 351 g/mol. The molecular weight excluding hydrogens is 338 g/mol. The van der Waals surface area contributed by atoms with Gasteiger partial charge in [0.25, 0.3) is 11.9 Å². The lowest BCUT2D eigenvalue weighted by atomic mass is 10.2. The van der Waals surface area contributed by atoms with Crippen molar-refractivity contribution in [1.82, 2.24) is 19.6 Å². The number of thiazole rings is 1. The van der Waals surface area contributed by atoms with E-state index in [0.717, 1.165) is 17.0 Å². The summed E-state index contributed by atoms with van der Waals surface area (Å²) < 4.78 is 6.89. The van der Waals surface area contributed by atoms with Crippen LogP contribution in [0.5, 0.6) is 5.75 Å². The maximum Gasteiger partial charge on any atom is 0.259 e. The van der Waals surface area contributed by atoms with E-state index in [1.807, 2.05) is 29.6 Å². The first-order chi connectivity index (χ1) is 12.2. The SMILES string of the molecule is COc1ccc(-c2csc3nc(NC(=O)c4cccnc4)nn23)cc1. The third-order valence-corrected chi connectivity index (χ3v) is 4.43. The molecule has 0 aliphatic heterocycles. The first kappa shape index (κ1) is 15.3. The van der Waals surface area contributed by atoms with Crippen LogP contribution in [-0.2, 0) is 0 Å². The van der Waals surface area contributed by atoms with Crippen molar-refractivity contribution in [1.29, 1.82) is 0 Å². The Labute approximate surface area is 146 Å². The van der Waals surface area contributed by atoms with Crippen molar-refractivity contribution in [2.75, 3.05) is 12.4 Å². The van der Waals surface area contributed by atoms with E-state index in [1.54, 1.807) is 30.0 Å². The van der Waals surface area contributed by atoms with Gasteiger partial charge in [0.05, 0.1) is 18.4 Å². The number of pyridine rings is 1. The third-order valence-electron chi connectivity index (χ3n) is 3.62. The molecule has 4 aromatic rings. The van der Waals surface area contributed by atoms with Crippen molar-refractivity contribution in [3.63, 3.8) is 0 Å². The number of rotatable bonds is 4. The van der Waals surface area contributed by atoms with E-state index in [4.69, 9.17) is 4.74 Å². The third kappa shape index (κ3) is 2.94. The second-order valence-corrected chi connectivity index (χ2v) is 6.01. The fraction of sp³-hybridized carbons (Fsp3) is 0.0588. The van der Waals surface area contributed by atoms with Crippen LogP contribution in [-0.4, -0.2) is 32.6 Å². The van der Waals surface area contributed by atoms with Crippen LogP contribution in [0, 0.1) is 0 Å². The summed E-state index contributed by atoms with van der Waals surface area (Å²) in [5.41, 5.74) is 2.34. The van der Waals surface area contributed by atoms with Gasteiger partial charge in [-0.2, -0.15) is 4.98 Å². The number of hydrogen-bond acceptors (Lipinski definition) is 6. The predicted molar refractivity (Wildman–Crippen MR) is 95.0 cm³/mol. The minimum atomic E-state index is -0.294. The lowest BCUT2D eigenvalue weighted by Gasteiger charge is -2.02. The van der Waals surface area contributed by atoms with E-state index in [-0.39, 0.29) is 11.9 Å². The molecule has 0 fully saturated rings. The molecule has 8 heteroatoms. The second-order valence-electron chi connectivity index (χ2n) is 5.18. The van der Waals surface area contributed by atoms with Crippen molar-refractivity contribution in [3.05, 3.63) is 59.7 Å². The van der Waals surface area contributed by atoms with Crippen LogP contribution in [0.25, 0.3) is 16.2 Å². The molecule has 0 atom stereocenters. The highest BCUT2D eigenvalue weighted by Crippen LogP contribution is 2.27. The van der Waals surface area contributed by atoms with Gasteiger partial charge in [0.15, 0.2) is 0 Å². The maximum absolute atomic E-state index is 12.2. The lowest BCUT2D eigenvalue weighted by Crippen LogP contribution is -2.13. The van der Waals surface area contributed by atoms with Crippen molar-refractivity contribution in [2.45, 2.75) is 0 Å². The molecule has 1 aromatic carbocycles. The number of hydrogen-bond donors (Lipinski definition) is 1. The molecule has 0 bridgehead atoms. The Balaban J connectivity index is 1.63. The lowest BCUT2D eigenvalue weighted by molar-refractivity contribution is 0.102. The summed E-state index contributed by atoms with van der Waals surface area (Å²) >= 11 is 1.46. The highest BCUT2D eigenvalue weighted by molar-refractivity contribution is 7.15. The predicted octanol–water partition coefficient (Wildman–Crippen LogP) is 3.11. The summed E-state index contributed by atoms with van der Waals surface area (Å²) in [5.74, 6) is 0.756. The standard InChI is InChI=1S/C17H13N5O2S/c1-24-13-6-4-11(5-7-13)14-10-25-17-20-16(21-22(14)17)19-15(23)12-3-2-8-18-9-12/h2-10H,1H3,(H,19,21,23). The van der Waals surface area contributed by atoms with Gasteiger partial charge in [-0.15, -0.1) is 16.4 Å². The first-order valence-electron chi connectivity index (χ1n) is 7.44. The molecular formula is C17H13N5O2S. The van der Waals surface area contributed by atoms with Crippen molar-refractivity contribution in [3.8, 4) is 17.0 Å². The van der Waals surface area contributed by atoms with E-state index in [2.05, 4.69) is 20.4 Å². The Kier molecular flexibility index (Phi) is 3.87. The molecule has 1 N–H and O–H groups in total. The van der Waals surface area contributed by atoms with Gasteiger partial charge >= 0.3 is 0 Å². The van der Waals surface area contributed by atoms with E-state index in [1.165, 1.54) is 17.5 Å². The minimum Gasteiger partial charge on any atom is -0.497 e. The molecule has 0 aliphatic carbocycles. The molecule has 0 saturated carbocycles. The maximum atomic E-state index is 12.2.